The van der Waals surface area contributed by atoms with Gasteiger partial charge in [-0.3, -0.25) is 14.2 Å². The maximum Gasteiger partial charge on any atom is 0.268 e. The van der Waals surface area contributed by atoms with Crippen molar-refractivity contribution in [2.75, 3.05) is 16.2 Å². The van der Waals surface area contributed by atoms with Crippen LogP contribution in [0.1, 0.15) is 29.4 Å². The molecule has 3 aromatic rings. The highest BCUT2D eigenvalue weighted by atomic mass is 32.2. The number of carbonyl (C=O) groups excluding carboxylic acids is 1. The quantitative estimate of drug-likeness (QED) is 0.602. The molecule has 0 atom stereocenters. The van der Waals surface area contributed by atoms with Gasteiger partial charge in [0.1, 0.15) is 11.4 Å². The van der Waals surface area contributed by atoms with Crippen LogP contribution >= 0.6 is 0 Å². The Morgan fingerprint density at radius 1 is 1.07 bits per heavy atom. The lowest BCUT2D eigenvalue weighted by Crippen LogP contribution is -2.38. The molecule has 0 fully saturated rings. The molecule has 0 unspecified atom stereocenters. The van der Waals surface area contributed by atoms with E-state index in [0.717, 1.165) is 21.9 Å². The first kappa shape index (κ1) is 21.6. The Balaban J connectivity index is 1.98. The molecular weight excluding hydrogens is 400 g/mol. The monoisotopic (exact) mass is 426 g/mol. The molecule has 1 amide bonds. The first-order chi connectivity index (χ1) is 14.2. The molecule has 1 aromatic heterocycles. The summed E-state index contributed by atoms with van der Waals surface area (Å²) in [4.78, 5) is 13.0. The van der Waals surface area contributed by atoms with Crippen molar-refractivity contribution in [3.05, 3.63) is 71.0 Å². The molecule has 7 nitrogen and oxygen atoms in total. The van der Waals surface area contributed by atoms with Crippen LogP contribution in [0.15, 0.2) is 53.4 Å². The molecule has 1 heterocycles. The number of rotatable bonds is 7. The third-order valence-electron chi connectivity index (χ3n) is 4.89. The zero-order valence-electron chi connectivity index (χ0n) is 17.6. The highest BCUT2D eigenvalue weighted by molar-refractivity contribution is 7.93. The molecule has 2 aromatic carbocycles. The van der Waals surface area contributed by atoms with E-state index < -0.39 is 15.9 Å². The maximum atomic E-state index is 13.5. The fourth-order valence-corrected chi connectivity index (χ4v) is 5.09. The summed E-state index contributed by atoms with van der Waals surface area (Å²) in [5.41, 5.74) is 3.87. The zero-order valence-corrected chi connectivity index (χ0v) is 18.4. The van der Waals surface area contributed by atoms with Crippen LogP contribution in [0.5, 0.6) is 0 Å². The summed E-state index contributed by atoms with van der Waals surface area (Å²) in [7, 11) is -4.01. The van der Waals surface area contributed by atoms with Gasteiger partial charge >= 0.3 is 0 Å². The lowest BCUT2D eigenvalue weighted by Gasteiger charge is -2.24. The first-order valence-corrected chi connectivity index (χ1v) is 11.2. The van der Waals surface area contributed by atoms with Crippen molar-refractivity contribution in [3.8, 4) is 0 Å². The number of nitrogens with zero attached hydrogens (tertiary/aromatic N) is 2. The summed E-state index contributed by atoms with van der Waals surface area (Å²) in [6.07, 6.45) is 0.754. The van der Waals surface area contributed by atoms with Gasteiger partial charge in [0.15, 0.2) is 0 Å². The number of hydrogen-bond acceptors (Lipinski definition) is 4. The standard InChI is InChI=1S/C22H26N4O3S/c1-5-18-8-6-7-9-20(18)23-21(27)14-26(19-12-10-15(2)11-13-19)30(28,29)22-16(3)24-25-17(22)4/h6-13H,5,14H2,1-4H3,(H,23,27)(H,24,25). The van der Waals surface area contributed by atoms with Gasteiger partial charge in [-0.1, -0.05) is 42.8 Å². The Morgan fingerprint density at radius 2 is 1.73 bits per heavy atom. The van der Waals surface area contributed by atoms with Gasteiger partial charge in [-0.15, -0.1) is 0 Å². The highest BCUT2D eigenvalue weighted by Crippen LogP contribution is 2.27. The topological polar surface area (TPSA) is 95.2 Å². The van der Waals surface area contributed by atoms with Gasteiger partial charge in [-0.05, 0) is 51.0 Å². The average Bonchev–Trinajstić information content (AvgIpc) is 3.06. The number of hydrogen-bond donors (Lipinski definition) is 2. The van der Waals surface area contributed by atoms with E-state index in [-0.39, 0.29) is 11.4 Å². The number of H-pyrrole nitrogens is 1. The lowest BCUT2D eigenvalue weighted by atomic mass is 10.1. The van der Waals surface area contributed by atoms with Gasteiger partial charge < -0.3 is 5.32 Å². The number of anilines is 2. The molecule has 2 N–H and O–H groups in total. The summed E-state index contributed by atoms with van der Waals surface area (Å²) in [6, 6.07) is 14.5. The van der Waals surface area contributed by atoms with Gasteiger partial charge in [-0.25, -0.2) is 8.42 Å². The van der Waals surface area contributed by atoms with Crippen molar-refractivity contribution in [2.24, 2.45) is 0 Å². The fourth-order valence-electron chi connectivity index (χ4n) is 3.33. The van der Waals surface area contributed by atoms with E-state index in [9.17, 15) is 13.2 Å². The number of sulfonamides is 1. The van der Waals surface area contributed by atoms with Crippen molar-refractivity contribution in [1.29, 1.82) is 0 Å². The Labute approximate surface area is 177 Å². The largest absolute Gasteiger partial charge is 0.324 e. The third-order valence-corrected chi connectivity index (χ3v) is 6.93. The van der Waals surface area contributed by atoms with Crippen LogP contribution in [-0.2, 0) is 21.2 Å². The Kier molecular flexibility index (Phi) is 6.26. The van der Waals surface area contributed by atoms with Crippen molar-refractivity contribution >= 4 is 27.3 Å². The number of para-hydroxylation sites is 1. The van der Waals surface area contributed by atoms with E-state index in [1.54, 1.807) is 26.0 Å². The minimum Gasteiger partial charge on any atom is -0.324 e. The number of aromatic amines is 1. The van der Waals surface area contributed by atoms with Gasteiger partial charge in [0.05, 0.1) is 17.1 Å². The molecule has 8 heteroatoms. The van der Waals surface area contributed by atoms with Crippen molar-refractivity contribution < 1.29 is 13.2 Å². The molecule has 0 spiro atoms. The summed E-state index contributed by atoms with van der Waals surface area (Å²) < 4.78 is 28.2. The van der Waals surface area contributed by atoms with Gasteiger partial charge in [0, 0.05) is 5.69 Å². The summed E-state index contributed by atoms with van der Waals surface area (Å²) in [5, 5.41) is 9.57. The van der Waals surface area contributed by atoms with E-state index in [1.807, 2.05) is 50.2 Å². The van der Waals surface area contributed by atoms with E-state index in [2.05, 4.69) is 15.5 Å². The molecule has 0 saturated carbocycles. The predicted octanol–water partition coefficient (Wildman–Crippen LogP) is 3.73. The van der Waals surface area contributed by atoms with Crippen molar-refractivity contribution in [2.45, 2.75) is 39.0 Å². The summed E-state index contributed by atoms with van der Waals surface area (Å²) >= 11 is 0. The molecule has 158 valence electrons. The van der Waals surface area contributed by atoms with E-state index in [0.29, 0.717) is 22.8 Å². The fraction of sp³-hybridized carbons (Fsp3) is 0.273. The Bertz CT molecular complexity index is 1130. The lowest BCUT2D eigenvalue weighted by molar-refractivity contribution is -0.114. The van der Waals surface area contributed by atoms with Crippen molar-refractivity contribution in [3.63, 3.8) is 0 Å². The van der Waals surface area contributed by atoms with E-state index >= 15 is 0 Å². The van der Waals surface area contributed by atoms with Crippen LogP contribution in [0.4, 0.5) is 11.4 Å². The molecule has 30 heavy (non-hydrogen) atoms. The number of aromatic nitrogens is 2. The van der Waals surface area contributed by atoms with E-state index in [4.69, 9.17) is 0 Å². The number of amides is 1. The van der Waals surface area contributed by atoms with Crippen LogP contribution in [-0.4, -0.2) is 31.1 Å². The number of benzene rings is 2. The second-order valence-corrected chi connectivity index (χ2v) is 8.97. The molecule has 3 rings (SSSR count). The van der Waals surface area contributed by atoms with Crippen LogP contribution in [0, 0.1) is 20.8 Å². The van der Waals surface area contributed by atoms with Gasteiger partial charge in [0.25, 0.3) is 10.0 Å². The smallest absolute Gasteiger partial charge is 0.268 e. The number of carbonyl (C=O) groups is 1. The normalized spacial score (nSPS) is 11.3. The van der Waals surface area contributed by atoms with Crippen LogP contribution in [0.3, 0.4) is 0 Å². The summed E-state index contributed by atoms with van der Waals surface area (Å²) in [5.74, 6) is -0.418. The van der Waals surface area contributed by atoms with E-state index in [1.165, 1.54) is 0 Å². The average molecular weight is 427 g/mol. The van der Waals surface area contributed by atoms with Crippen LogP contribution in [0.2, 0.25) is 0 Å². The minimum atomic E-state index is -4.01. The molecule has 0 aliphatic rings. The molecule has 0 saturated heterocycles. The number of nitrogens with one attached hydrogen (secondary N) is 2. The second kappa shape index (κ2) is 8.71. The minimum absolute atomic E-state index is 0.0878. The second-order valence-electron chi connectivity index (χ2n) is 7.17. The van der Waals surface area contributed by atoms with Gasteiger partial charge in [0.2, 0.25) is 5.91 Å². The Hall–Kier alpha value is -3.13. The molecule has 0 radical (unpaired) electrons. The predicted molar refractivity (Wildman–Crippen MR) is 118 cm³/mol. The SMILES string of the molecule is CCc1ccccc1NC(=O)CN(c1ccc(C)cc1)S(=O)(=O)c1c(C)n[nH]c1C. The molecular formula is C22H26N4O3S. The first-order valence-electron chi connectivity index (χ1n) is 9.72. The maximum absolute atomic E-state index is 13.5. The van der Waals surface area contributed by atoms with Crippen LogP contribution in [0.25, 0.3) is 0 Å². The third kappa shape index (κ3) is 4.38. The van der Waals surface area contributed by atoms with Gasteiger partial charge in [-0.2, -0.15) is 5.10 Å². The highest BCUT2D eigenvalue weighted by Gasteiger charge is 2.31. The number of aryl methyl sites for hydroxylation is 4. The van der Waals surface area contributed by atoms with Crippen molar-refractivity contribution in [1.82, 2.24) is 10.2 Å². The zero-order chi connectivity index (χ0) is 21.9. The summed E-state index contributed by atoms with van der Waals surface area (Å²) in [6.45, 7) is 6.84. The molecule has 0 bridgehead atoms. The van der Waals surface area contributed by atoms with Crippen LogP contribution < -0.4 is 9.62 Å². The molecule has 0 aliphatic carbocycles. The molecule has 0 aliphatic heterocycles. The Morgan fingerprint density at radius 3 is 2.33 bits per heavy atom.